The summed E-state index contributed by atoms with van der Waals surface area (Å²) in [6.45, 7) is 3.61. The molecule has 0 bridgehead atoms. The second kappa shape index (κ2) is 4.08. The molecule has 0 N–H and O–H groups in total. The van der Waals surface area contributed by atoms with Crippen molar-refractivity contribution in [3.05, 3.63) is 0 Å². The molecule has 6 atom stereocenters. The first-order valence-electron chi connectivity index (χ1n) is 6.72. The fourth-order valence-electron chi connectivity index (χ4n) is 3.71. The Labute approximate surface area is 124 Å². The van der Waals surface area contributed by atoms with Gasteiger partial charge in [0.1, 0.15) is 16.9 Å². The minimum Gasteiger partial charge on any atom is -0.458 e. The van der Waals surface area contributed by atoms with Gasteiger partial charge in [0.25, 0.3) is 0 Å². The molecule has 118 valence electrons. The summed E-state index contributed by atoms with van der Waals surface area (Å²) in [5.41, 5.74) is -1.45. The van der Waals surface area contributed by atoms with Crippen molar-refractivity contribution in [1.82, 2.24) is 0 Å². The molecule has 1 aliphatic carbocycles. The van der Waals surface area contributed by atoms with Gasteiger partial charge in [0.05, 0.1) is 0 Å². The molecule has 4 nitrogen and oxygen atoms in total. The van der Waals surface area contributed by atoms with E-state index in [9.17, 15) is 22.8 Å². The van der Waals surface area contributed by atoms with Crippen LogP contribution < -0.4 is 0 Å². The van der Waals surface area contributed by atoms with Gasteiger partial charge in [0.2, 0.25) is 6.10 Å². The first-order chi connectivity index (χ1) is 9.53. The second-order valence-electron chi connectivity index (χ2n) is 6.39. The van der Waals surface area contributed by atoms with Crippen LogP contribution >= 0.6 is 12.6 Å². The van der Waals surface area contributed by atoms with E-state index in [0.29, 0.717) is 6.42 Å². The molecule has 2 heterocycles. The van der Waals surface area contributed by atoms with E-state index < -0.39 is 40.4 Å². The summed E-state index contributed by atoms with van der Waals surface area (Å²) >= 11 is 4.16. The number of hydrogen-bond donors (Lipinski definition) is 1. The number of hydrogen-bond acceptors (Lipinski definition) is 5. The smallest absolute Gasteiger partial charge is 0.426 e. The molecule has 0 amide bonds. The highest BCUT2D eigenvalue weighted by molar-refractivity contribution is 7.81. The van der Waals surface area contributed by atoms with Crippen LogP contribution in [0.3, 0.4) is 0 Å². The summed E-state index contributed by atoms with van der Waals surface area (Å²) in [4.78, 5) is 23.0. The highest BCUT2D eigenvalue weighted by atomic mass is 32.1. The van der Waals surface area contributed by atoms with Crippen molar-refractivity contribution in [3.63, 3.8) is 0 Å². The summed E-state index contributed by atoms with van der Waals surface area (Å²) in [6.07, 6.45) is -5.93. The summed E-state index contributed by atoms with van der Waals surface area (Å²) in [5.74, 6) is -2.39. The molecule has 3 aliphatic rings. The van der Waals surface area contributed by atoms with Gasteiger partial charge in [0.15, 0.2) is 0 Å². The predicted molar refractivity (Wildman–Crippen MR) is 67.5 cm³/mol. The molecule has 3 rings (SSSR count). The molecule has 2 saturated heterocycles. The first kappa shape index (κ1) is 15.0. The van der Waals surface area contributed by atoms with Crippen LogP contribution in [0.2, 0.25) is 0 Å². The number of halogens is 3. The normalized spacial score (nSPS) is 46.3. The van der Waals surface area contributed by atoms with Crippen LogP contribution in [-0.2, 0) is 19.1 Å². The number of rotatable bonds is 3. The molecule has 1 spiro atoms. The van der Waals surface area contributed by atoms with Crippen LogP contribution in [0.4, 0.5) is 13.2 Å². The van der Waals surface area contributed by atoms with Crippen LogP contribution in [-0.4, -0.2) is 35.1 Å². The van der Waals surface area contributed by atoms with Gasteiger partial charge in [-0.15, -0.1) is 0 Å². The Morgan fingerprint density at radius 2 is 2.00 bits per heavy atom. The minimum atomic E-state index is -4.60. The Bertz CT molecular complexity index is 522. The fourth-order valence-corrected chi connectivity index (χ4v) is 4.34. The molecule has 4 unspecified atom stereocenters. The van der Waals surface area contributed by atoms with Crippen molar-refractivity contribution in [2.45, 2.75) is 49.8 Å². The van der Waals surface area contributed by atoms with E-state index in [2.05, 4.69) is 17.4 Å². The van der Waals surface area contributed by atoms with Crippen molar-refractivity contribution in [2.24, 2.45) is 17.3 Å². The van der Waals surface area contributed by atoms with Gasteiger partial charge >= 0.3 is 18.1 Å². The van der Waals surface area contributed by atoms with Crippen molar-refractivity contribution in [3.8, 4) is 0 Å². The quantitative estimate of drug-likeness (QED) is 0.638. The van der Waals surface area contributed by atoms with E-state index in [-0.39, 0.29) is 18.3 Å². The van der Waals surface area contributed by atoms with Gasteiger partial charge in [-0.3, -0.25) is 9.59 Å². The van der Waals surface area contributed by atoms with E-state index >= 15 is 0 Å². The number of ether oxygens (including phenoxy) is 2. The highest BCUT2D eigenvalue weighted by Crippen LogP contribution is 2.69. The van der Waals surface area contributed by atoms with E-state index in [4.69, 9.17) is 4.74 Å². The third-order valence-electron chi connectivity index (χ3n) is 5.11. The Balaban J connectivity index is 1.71. The number of cyclic esters (lactones) is 2. The Hall–Kier alpha value is -0.920. The molecule has 0 aromatic carbocycles. The minimum absolute atomic E-state index is 0.110. The molecular weight excluding hydrogens is 309 g/mol. The summed E-state index contributed by atoms with van der Waals surface area (Å²) in [6, 6.07) is 0. The van der Waals surface area contributed by atoms with Gasteiger partial charge in [-0.05, 0) is 19.3 Å². The lowest BCUT2D eigenvalue weighted by Crippen LogP contribution is -2.63. The molecule has 2 aliphatic heterocycles. The summed E-state index contributed by atoms with van der Waals surface area (Å²) in [5, 5.41) is -0.861. The molecule has 8 heteroatoms. The van der Waals surface area contributed by atoms with Gasteiger partial charge in [0, 0.05) is 11.7 Å². The standard InChI is InChI=1S/C13H15F3O4S/c1-5-3-12(5)10(18)20-11(12,2)4-6(21)7-8(13(14,15)16)19-9(7)17/h5-8,21H,3-4H2,1-2H3/t5?,6?,7-,8-,11?,12?/m0/s1. The third kappa shape index (κ3) is 1.83. The number of carbonyl (C=O) groups excluding carboxylic acids is 2. The topological polar surface area (TPSA) is 52.6 Å². The van der Waals surface area contributed by atoms with Gasteiger partial charge < -0.3 is 9.47 Å². The maximum absolute atomic E-state index is 12.7. The maximum atomic E-state index is 12.7. The highest BCUT2D eigenvalue weighted by Gasteiger charge is 2.78. The fraction of sp³-hybridized carbons (Fsp3) is 0.846. The molecule has 0 aromatic rings. The molecular formula is C13H15F3O4S. The lowest BCUT2D eigenvalue weighted by molar-refractivity contribution is -0.271. The summed E-state index contributed by atoms with van der Waals surface area (Å²) in [7, 11) is 0. The molecule has 1 saturated carbocycles. The Morgan fingerprint density at radius 3 is 2.38 bits per heavy atom. The predicted octanol–water partition coefficient (Wildman–Crippen LogP) is 2.12. The molecule has 21 heavy (non-hydrogen) atoms. The number of esters is 2. The Morgan fingerprint density at radius 1 is 1.43 bits per heavy atom. The van der Waals surface area contributed by atoms with E-state index in [0.717, 1.165) is 0 Å². The van der Waals surface area contributed by atoms with Crippen molar-refractivity contribution in [1.29, 1.82) is 0 Å². The van der Waals surface area contributed by atoms with E-state index in [1.165, 1.54) is 0 Å². The first-order valence-corrected chi connectivity index (χ1v) is 7.23. The van der Waals surface area contributed by atoms with Crippen molar-refractivity contribution >= 4 is 24.6 Å². The monoisotopic (exact) mass is 324 g/mol. The van der Waals surface area contributed by atoms with Crippen LogP contribution in [0.1, 0.15) is 26.7 Å². The number of thiol groups is 1. The van der Waals surface area contributed by atoms with Crippen LogP contribution in [0.5, 0.6) is 0 Å². The summed E-state index contributed by atoms with van der Waals surface area (Å²) < 4.78 is 47.5. The molecule has 0 aromatic heterocycles. The largest absolute Gasteiger partial charge is 0.458 e. The number of alkyl halides is 3. The van der Waals surface area contributed by atoms with Crippen molar-refractivity contribution < 1.29 is 32.2 Å². The zero-order valence-corrected chi connectivity index (χ0v) is 12.3. The van der Waals surface area contributed by atoms with Gasteiger partial charge in [-0.1, -0.05) is 6.92 Å². The van der Waals surface area contributed by atoms with Crippen molar-refractivity contribution in [2.75, 3.05) is 0 Å². The Kier molecular flexibility index (Phi) is 2.92. The molecule has 0 radical (unpaired) electrons. The average molecular weight is 324 g/mol. The molecule has 3 fully saturated rings. The van der Waals surface area contributed by atoms with Crippen LogP contribution in [0, 0.1) is 17.3 Å². The van der Waals surface area contributed by atoms with Crippen LogP contribution in [0.15, 0.2) is 0 Å². The van der Waals surface area contributed by atoms with E-state index in [1.54, 1.807) is 6.92 Å². The average Bonchev–Trinajstić information content (AvgIpc) is 3.00. The van der Waals surface area contributed by atoms with Gasteiger partial charge in [-0.2, -0.15) is 25.8 Å². The SMILES string of the molecule is CC1CC12C(=O)OC2(C)CC(S)[C@@H]1C(=O)O[C@@H]1C(F)(F)F. The third-order valence-corrected chi connectivity index (χ3v) is 5.62. The number of carbonyl (C=O) groups is 2. The zero-order valence-electron chi connectivity index (χ0n) is 11.4. The lowest BCUT2D eigenvalue weighted by atomic mass is 9.73. The zero-order chi connectivity index (χ0) is 15.8. The second-order valence-corrected chi connectivity index (χ2v) is 7.06. The maximum Gasteiger partial charge on any atom is 0.426 e. The van der Waals surface area contributed by atoms with E-state index in [1.807, 2.05) is 6.92 Å². The lowest BCUT2D eigenvalue weighted by Gasteiger charge is -2.49. The van der Waals surface area contributed by atoms with Crippen LogP contribution in [0.25, 0.3) is 0 Å². The van der Waals surface area contributed by atoms with Gasteiger partial charge in [-0.25, -0.2) is 0 Å².